The summed E-state index contributed by atoms with van der Waals surface area (Å²) in [4.78, 5) is 0. The summed E-state index contributed by atoms with van der Waals surface area (Å²) in [6.07, 6.45) is 3.06. The fraction of sp³-hybridized carbons (Fsp3) is 0.778. The summed E-state index contributed by atoms with van der Waals surface area (Å²) >= 11 is 0. The topological polar surface area (TPSA) is 42.7 Å². The molecule has 13 heavy (non-hydrogen) atoms. The van der Waals surface area contributed by atoms with E-state index in [-0.39, 0.29) is 0 Å². The molecule has 0 spiro atoms. The third kappa shape index (κ3) is 1.46. The van der Waals surface area contributed by atoms with Crippen LogP contribution in [0.3, 0.4) is 0 Å². The van der Waals surface area contributed by atoms with E-state index < -0.39 is 0 Å². The second-order valence-corrected chi connectivity index (χ2v) is 3.94. The van der Waals surface area contributed by atoms with Crippen molar-refractivity contribution in [3.05, 3.63) is 12.2 Å². The predicted molar refractivity (Wildman–Crippen MR) is 50.1 cm³/mol. The van der Waals surface area contributed by atoms with E-state index in [2.05, 4.69) is 22.4 Å². The molecule has 0 bridgehead atoms. The first-order valence-corrected chi connectivity index (χ1v) is 4.75. The van der Waals surface area contributed by atoms with Crippen LogP contribution >= 0.6 is 0 Å². The van der Waals surface area contributed by atoms with E-state index in [0.717, 1.165) is 17.7 Å². The molecule has 1 fully saturated rings. The van der Waals surface area contributed by atoms with Gasteiger partial charge in [0, 0.05) is 7.05 Å². The van der Waals surface area contributed by atoms with Gasteiger partial charge in [-0.05, 0) is 25.3 Å². The molecule has 1 aliphatic rings. The highest BCUT2D eigenvalue weighted by molar-refractivity contribution is 5.03. The summed E-state index contributed by atoms with van der Waals surface area (Å²) in [5.41, 5.74) is 0. The van der Waals surface area contributed by atoms with E-state index in [0.29, 0.717) is 6.04 Å². The molecule has 4 nitrogen and oxygen atoms in total. The van der Waals surface area contributed by atoms with E-state index in [1.807, 2.05) is 18.7 Å². The molecule has 3 unspecified atom stereocenters. The fourth-order valence-corrected chi connectivity index (χ4v) is 1.92. The number of rotatable bonds is 3. The van der Waals surface area contributed by atoms with Crippen molar-refractivity contribution in [3.8, 4) is 0 Å². The predicted octanol–water partition coefficient (Wildman–Crippen LogP) is 0.732. The van der Waals surface area contributed by atoms with Gasteiger partial charge < -0.3 is 9.88 Å². The van der Waals surface area contributed by atoms with Gasteiger partial charge in [-0.25, -0.2) is 0 Å². The molecule has 0 aromatic carbocycles. The monoisotopic (exact) mass is 180 g/mol. The van der Waals surface area contributed by atoms with Gasteiger partial charge in [-0.1, -0.05) is 6.92 Å². The van der Waals surface area contributed by atoms with Crippen LogP contribution in [-0.4, -0.2) is 21.8 Å². The van der Waals surface area contributed by atoms with Crippen LogP contribution in [0.15, 0.2) is 6.33 Å². The van der Waals surface area contributed by atoms with Gasteiger partial charge >= 0.3 is 0 Å². The Balaban J connectivity index is 2.17. The average Bonchev–Trinajstić information content (AvgIpc) is 2.65. The van der Waals surface area contributed by atoms with Gasteiger partial charge in [-0.3, -0.25) is 0 Å². The maximum Gasteiger partial charge on any atom is 0.150 e. The van der Waals surface area contributed by atoms with Crippen LogP contribution in [0.25, 0.3) is 0 Å². The summed E-state index contributed by atoms with van der Waals surface area (Å²) in [5.74, 6) is 2.62. The molecule has 1 aliphatic carbocycles. The third-order valence-electron chi connectivity index (χ3n) is 2.94. The highest BCUT2D eigenvalue weighted by Crippen LogP contribution is 2.46. The van der Waals surface area contributed by atoms with E-state index >= 15 is 0 Å². The normalized spacial score (nSPS) is 28.8. The Bertz CT molecular complexity index is 294. The summed E-state index contributed by atoms with van der Waals surface area (Å²) in [6.45, 7) is 2.28. The van der Waals surface area contributed by atoms with E-state index in [1.165, 1.54) is 6.42 Å². The van der Waals surface area contributed by atoms with Crippen LogP contribution in [0.5, 0.6) is 0 Å². The number of hydrogen-bond donors (Lipinski definition) is 1. The van der Waals surface area contributed by atoms with Gasteiger partial charge in [0.2, 0.25) is 0 Å². The number of aromatic nitrogens is 3. The fourth-order valence-electron chi connectivity index (χ4n) is 1.92. The quantitative estimate of drug-likeness (QED) is 0.745. The zero-order valence-electron chi connectivity index (χ0n) is 8.36. The number of aryl methyl sites for hydroxylation is 1. The molecule has 1 saturated carbocycles. The first-order valence-electron chi connectivity index (χ1n) is 4.75. The second kappa shape index (κ2) is 3.10. The molecule has 1 heterocycles. The molecule has 1 N–H and O–H groups in total. The summed E-state index contributed by atoms with van der Waals surface area (Å²) in [5, 5.41) is 11.3. The smallest absolute Gasteiger partial charge is 0.150 e. The van der Waals surface area contributed by atoms with Crippen molar-refractivity contribution in [2.45, 2.75) is 19.4 Å². The minimum Gasteiger partial charge on any atom is -0.319 e. The van der Waals surface area contributed by atoms with Crippen LogP contribution in [0.2, 0.25) is 0 Å². The van der Waals surface area contributed by atoms with Crippen LogP contribution in [0.4, 0.5) is 0 Å². The Morgan fingerprint density at radius 3 is 2.77 bits per heavy atom. The third-order valence-corrected chi connectivity index (χ3v) is 2.94. The molecule has 0 aliphatic heterocycles. The number of nitrogens with one attached hydrogen (secondary N) is 1. The van der Waals surface area contributed by atoms with Crippen molar-refractivity contribution in [2.75, 3.05) is 7.05 Å². The Hall–Kier alpha value is -0.900. The first kappa shape index (κ1) is 8.69. The van der Waals surface area contributed by atoms with Gasteiger partial charge in [0.1, 0.15) is 12.2 Å². The van der Waals surface area contributed by atoms with E-state index in [9.17, 15) is 0 Å². The van der Waals surface area contributed by atoms with Crippen molar-refractivity contribution in [2.24, 2.45) is 18.9 Å². The first-order chi connectivity index (χ1) is 6.24. The van der Waals surface area contributed by atoms with Crippen LogP contribution in [-0.2, 0) is 7.05 Å². The summed E-state index contributed by atoms with van der Waals surface area (Å²) < 4.78 is 1.99. The largest absolute Gasteiger partial charge is 0.319 e. The molecule has 1 aromatic rings. The van der Waals surface area contributed by atoms with E-state index in [1.54, 1.807) is 6.33 Å². The molecule has 1 aromatic heterocycles. The van der Waals surface area contributed by atoms with Crippen LogP contribution < -0.4 is 5.32 Å². The SMILES string of the molecule is CNC(c1nncn1C)C1CC1C. The lowest BCUT2D eigenvalue weighted by molar-refractivity contribution is 0.464. The van der Waals surface area contributed by atoms with Crippen molar-refractivity contribution in [1.82, 2.24) is 20.1 Å². The van der Waals surface area contributed by atoms with Gasteiger partial charge in [-0.15, -0.1) is 10.2 Å². The Labute approximate surface area is 78.4 Å². The zero-order valence-corrected chi connectivity index (χ0v) is 8.36. The molecule has 0 saturated heterocycles. The highest BCUT2D eigenvalue weighted by Gasteiger charge is 2.41. The molecular formula is C9H16N4. The van der Waals surface area contributed by atoms with Crippen LogP contribution in [0.1, 0.15) is 25.2 Å². The Kier molecular flexibility index (Phi) is 2.07. The van der Waals surface area contributed by atoms with Crippen LogP contribution in [0, 0.1) is 11.8 Å². The van der Waals surface area contributed by atoms with Gasteiger partial charge in [0.25, 0.3) is 0 Å². The molecule has 72 valence electrons. The van der Waals surface area contributed by atoms with Crippen molar-refractivity contribution < 1.29 is 0 Å². The molecule has 3 atom stereocenters. The summed E-state index contributed by atoms with van der Waals surface area (Å²) in [6, 6.07) is 0.377. The van der Waals surface area contributed by atoms with Crippen molar-refractivity contribution in [1.29, 1.82) is 0 Å². The van der Waals surface area contributed by atoms with Crippen molar-refractivity contribution in [3.63, 3.8) is 0 Å². The molecule has 0 radical (unpaired) electrons. The zero-order chi connectivity index (χ0) is 9.42. The molecular weight excluding hydrogens is 164 g/mol. The van der Waals surface area contributed by atoms with Gasteiger partial charge in [-0.2, -0.15) is 0 Å². The summed E-state index contributed by atoms with van der Waals surface area (Å²) in [7, 11) is 3.98. The highest BCUT2D eigenvalue weighted by atomic mass is 15.3. The lowest BCUT2D eigenvalue weighted by Gasteiger charge is -2.14. The molecule has 0 amide bonds. The minimum atomic E-state index is 0.377. The van der Waals surface area contributed by atoms with Gasteiger partial charge in [0.15, 0.2) is 0 Å². The maximum absolute atomic E-state index is 4.13. The second-order valence-electron chi connectivity index (χ2n) is 3.94. The molecule has 2 rings (SSSR count). The lowest BCUT2D eigenvalue weighted by Crippen LogP contribution is -2.22. The number of nitrogens with zero attached hydrogens (tertiary/aromatic N) is 3. The number of hydrogen-bond acceptors (Lipinski definition) is 3. The lowest BCUT2D eigenvalue weighted by atomic mass is 10.1. The standard InChI is InChI=1S/C9H16N4/c1-6-4-7(6)8(10-2)9-12-11-5-13(9)3/h5-8,10H,4H2,1-3H3. The Morgan fingerprint density at radius 1 is 1.69 bits per heavy atom. The Morgan fingerprint density at radius 2 is 2.38 bits per heavy atom. The average molecular weight is 180 g/mol. The van der Waals surface area contributed by atoms with Crippen molar-refractivity contribution >= 4 is 0 Å². The maximum atomic E-state index is 4.13. The van der Waals surface area contributed by atoms with Gasteiger partial charge in [0.05, 0.1) is 6.04 Å². The minimum absolute atomic E-state index is 0.377. The molecule has 4 heteroatoms. The van der Waals surface area contributed by atoms with E-state index in [4.69, 9.17) is 0 Å².